The van der Waals surface area contributed by atoms with Crippen molar-refractivity contribution in [1.29, 1.82) is 0 Å². The molecule has 1 spiro atoms. The van der Waals surface area contributed by atoms with Crippen molar-refractivity contribution in [1.82, 2.24) is 4.90 Å². The van der Waals surface area contributed by atoms with Crippen LogP contribution in [-0.2, 0) is 23.9 Å². The molecule has 2 aromatic carbocycles. The van der Waals surface area contributed by atoms with E-state index in [-0.39, 0.29) is 18.1 Å². The first-order chi connectivity index (χ1) is 17.5. The number of aliphatic carboxylic acids is 1. The van der Waals surface area contributed by atoms with Crippen LogP contribution in [0, 0.1) is 18.8 Å². The van der Waals surface area contributed by atoms with E-state index in [9.17, 15) is 23.1 Å². The third-order valence-corrected chi connectivity index (χ3v) is 8.66. The Hall–Kier alpha value is -2.54. The van der Waals surface area contributed by atoms with Gasteiger partial charge in [0, 0.05) is 13.1 Å². The van der Waals surface area contributed by atoms with Crippen molar-refractivity contribution in [3.63, 3.8) is 0 Å². The molecule has 3 aliphatic rings. The van der Waals surface area contributed by atoms with Gasteiger partial charge in [-0.25, -0.2) is 0 Å². The summed E-state index contributed by atoms with van der Waals surface area (Å²) in [5.74, 6) is 0.0526. The second-order valence-electron chi connectivity index (χ2n) is 11.4. The molecule has 2 heterocycles. The molecule has 200 valence electrons. The summed E-state index contributed by atoms with van der Waals surface area (Å²) in [5.41, 5.74) is 2.49. The summed E-state index contributed by atoms with van der Waals surface area (Å²) in [6.45, 7) is 5.33. The SMILES string of the molecule is Cc1ccc(C(F)(F)F)c(CN2CCCC3(CCc4ccc([C@H](C5CC5)[C@H](C)C(=O)O)cc4O3)CC2)c1. The quantitative estimate of drug-likeness (QED) is 0.451. The van der Waals surface area contributed by atoms with Gasteiger partial charge in [0.25, 0.3) is 0 Å². The number of halogens is 3. The van der Waals surface area contributed by atoms with Crippen molar-refractivity contribution >= 4 is 5.97 Å². The van der Waals surface area contributed by atoms with Gasteiger partial charge in [0.05, 0.1) is 11.5 Å². The number of alkyl halides is 3. The Labute approximate surface area is 216 Å². The number of rotatable bonds is 6. The predicted octanol–water partition coefficient (Wildman–Crippen LogP) is 6.98. The van der Waals surface area contributed by atoms with Crippen LogP contribution < -0.4 is 4.74 Å². The zero-order valence-corrected chi connectivity index (χ0v) is 21.6. The van der Waals surface area contributed by atoms with E-state index in [2.05, 4.69) is 23.1 Å². The Kier molecular flexibility index (Phi) is 7.03. The molecule has 0 amide bonds. The maximum absolute atomic E-state index is 13.6. The second kappa shape index (κ2) is 9.97. The molecule has 2 aliphatic heterocycles. The molecule has 5 rings (SSSR count). The van der Waals surface area contributed by atoms with E-state index in [0.29, 0.717) is 18.0 Å². The summed E-state index contributed by atoms with van der Waals surface area (Å²) in [7, 11) is 0. The summed E-state index contributed by atoms with van der Waals surface area (Å²) in [6.07, 6.45) is 2.06. The van der Waals surface area contributed by atoms with Crippen molar-refractivity contribution < 1.29 is 27.8 Å². The number of benzene rings is 2. The third-order valence-electron chi connectivity index (χ3n) is 8.66. The number of carboxylic acid groups (broad SMARTS) is 1. The molecular weight excluding hydrogens is 479 g/mol. The van der Waals surface area contributed by atoms with Gasteiger partial charge >= 0.3 is 12.1 Å². The molecule has 2 aromatic rings. The van der Waals surface area contributed by atoms with Gasteiger partial charge in [-0.2, -0.15) is 13.2 Å². The van der Waals surface area contributed by atoms with Crippen LogP contribution in [0.4, 0.5) is 13.2 Å². The zero-order valence-electron chi connectivity index (χ0n) is 21.6. The number of aryl methyl sites for hydroxylation is 2. The minimum absolute atomic E-state index is 0.00828. The predicted molar refractivity (Wildman–Crippen MR) is 136 cm³/mol. The maximum atomic E-state index is 13.6. The molecule has 2 fully saturated rings. The number of hydrogen-bond acceptors (Lipinski definition) is 3. The van der Waals surface area contributed by atoms with Gasteiger partial charge in [-0.15, -0.1) is 0 Å². The van der Waals surface area contributed by atoms with Crippen molar-refractivity contribution in [2.45, 2.75) is 83.0 Å². The van der Waals surface area contributed by atoms with Crippen LogP contribution in [0.3, 0.4) is 0 Å². The van der Waals surface area contributed by atoms with Crippen LogP contribution in [0.2, 0.25) is 0 Å². The summed E-state index contributed by atoms with van der Waals surface area (Å²) >= 11 is 0. The van der Waals surface area contributed by atoms with E-state index in [1.54, 1.807) is 13.0 Å². The maximum Gasteiger partial charge on any atom is 0.416 e. The number of nitrogens with zero attached hydrogens (tertiary/aromatic N) is 1. The van der Waals surface area contributed by atoms with E-state index in [4.69, 9.17) is 4.74 Å². The van der Waals surface area contributed by atoms with Gasteiger partial charge in [0.1, 0.15) is 11.4 Å². The van der Waals surface area contributed by atoms with Crippen molar-refractivity contribution in [2.24, 2.45) is 11.8 Å². The Morgan fingerprint density at radius 2 is 1.92 bits per heavy atom. The van der Waals surface area contributed by atoms with E-state index < -0.39 is 23.6 Å². The number of likely N-dealkylation sites (tertiary alicyclic amines) is 1. The van der Waals surface area contributed by atoms with E-state index in [0.717, 1.165) is 73.9 Å². The monoisotopic (exact) mass is 515 g/mol. The Morgan fingerprint density at radius 1 is 1.14 bits per heavy atom. The highest BCUT2D eigenvalue weighted by atomic mass is 19.4. The number of ether oxygens (including phenoxy) is 1. The average molecular weight is 516 g/mol. The van der Waals surface area contributed by atoms with E-state index in [1.807, 2.05) is 6.92 Å². The van der Waals surface area contributed by atoms with Crippen LogP contribution in [0.5, 0.6) is 5.75 Å². The van der Waals surface area contributed by atoms with Gasteiger partial charge in [-0.1, -0.05) is 36.8 Å². The summed E-state index contributed by atoms with van der Waals surface area (Å²) in [6, 6.07) is 10.6. The van der Waals surface area contributed by atoms with Crippen molar-refractivity contribution in [3.05, 3.63) is 64.2 Å². The van der Waals surface area contributed by atoms with Crippen LogP contribution in [0.15, 0.2) is 36.4 Å². The highest BCUT2D eigenvalue weighted by Gasteiger charge is 2.41. The minimum atomic E-state index is -4.36. The molecular formula is C30H36F3NO3. The Bertz CT molecular complexity index is 1160. The molecule has 1 unspecified atom stereocenters. The Morgan fingerprint density at radius 3 is 2.62 bits per heavy atom. The zero-order chi connectivity index (χ0) is 26.4. The highest BCUT2D eigenvalue weighted by Crippen LogP contribution is 2.49. The molecule has 3 atom stereocenters. The van der Waals surface area contributed by atoms with Crippen LogP contribution >= 0.6 is 0 Å². The lowest BCUT2D eigenvalue weighted by Gasteiger charge is -2.39. The molecule has 0 radical (unpaired) electrons. The summed E-state index contributed by atoms with van der Waals surface area (Å²) in [4.78, 5) is 13.9. The lowest BCUT2D eigenvalue weighted by molar-refractivity contribution is -0.142. The van der Waals surface area contributed by atoms with Crippen LogP contribution in [0.25, 0.3) is 0 Å². The number of carbonyl (C=O) groups is 1. The topological polar surface area (TPSA) is 49.8 Å². The summed E-state index contributed by atoms with van der Waals surface area (Å²) in [5, 5.41) is 9.67. The fourth-order valence-electron chi connectivity index (χ4n) is 6.41. The van der Waals surface area contributed by atoms with Gasteiger partial charge < -0.3 is 9.84 Å². The van der Waals surface area contributed by atoms with Crippen LogP contribution in [-0.4, -0.2) is 34.7 Å². The van der Waals surface area contributed by atoms with E-state index >= 15 is 0 Å². The lowest BCUT2D eigenvalue weighted by atomic mass is 9.81. The first kappa shape index (κ1) is 26.1. The third kappa shape index (κ3) is 5.66. The molecule has 7 heteroatoms. The first-order valence-electron chi connectivity index (χ1n) is 13.5. The molecule has 1 N–H and O–H groups in total. The molecule has 1 saturated heterocycles. The Balaban J connectivity index is 1.31. The van der Waals surface area contributed by atoms with Gasteiger partial charge in [-0.3, -0.25) is 9.69 Å². The fourth-order valence-corrected chi connectivity index (χ4v) is 6.41. The standard InChI is InChI=1S/C30H36F3NO3/c1-19-4-9-25(30(31,32)33)24(16-19)18-34-14-3-11-29(13-15-34)12-10-21-5-8-23(17-26(21)37-29)27(22-6-7-22)20(2)28(35)36/h4-5,8-9,16-17,20,22,27H,3,6-7,10-15,18H2,1-2H3,(H,35,36)/t20-,27-,29?/m0/s1. The van der Waals surface area contributed by atoms with E-state index in [1.165, 1.54) is 12.1 Å². The minimum Gasteiger partial charge on any atom is -0.487 e. The largest absolute Gasteiger partial charge is 0.487 e. The molecule has 1 saturated carbocycles. The van der Waals surface area contributed by atoms with Gasteiger partial charge in [-0.05, 0) is 99.1 Å². The smallest absolute Gasteiger partial charge is 0.416 e. The molecule has 4 nitrogen and oxygen atoms in total. The normalized spacial score (nSPS) is 24.1. The number of carboxylic acids is 1. The lowest BCUT2D eigenvalue weighted by Crippen LogP contribution is -2.40. The van der Waals surface area contributed by atoms with Crippen LogP contribution in [0.1, 0.15) is 79.2 Å². The fraction of sp³-hybridized carbons (Fsp3) is 0.567. The van der Waals surface area contributed by atoms with Crippen molar-refractivity contribution in [3.8, 4) is 5.75 Å². The average Bonchev–Trinajstić information content (AvgIpc) is 3.68. The summed E-state index contributed by atoms with van der Waals surface area (Å²) < 4.78 is 47.5. The number of fused-ring (bicyclic) bond motifs is 1. The molecule has 0 bridgehead atoms. The van der Waals surface area contributed by atoms with Gasteiger partial charge in [0.15, 0.2) is 0 Å². The second-order valence-corrected chi connectivity index (χ2v) is 11.4. The van der Waals surface area contributed by atoms with Crippen molar-refractivity contribution in [2.75, 3.05) is 13.1 Å². The highest BCUT2D eigenvalue weighted by molar-refractivity contribution is 5.71. The first-order valence-corrected chi connectivity index (χ1v) is 13.5. The molecule has 1 aliphatic carbocycles. The molecule has 37 heavy (non-hydrogen) atoms. The number of hydrogen-bond donors (Lipinski definition) is 1. The van der Waals surface area contributed by atoms with Gasteiger partial charge in [0.2, 0.25) is 0 Å². The molecule has 0 aromatic heterocycles.